The number of urea groups is 1. The molecule has 3 amide bonds. The molecule has 1 aromatic carbocycles. The number of hydrogen-bond donors (Lipinski definition) is 3. The van der Waals surface area contributed by atoms with E-state index in [1.54, 1.807) is 0 Å². The van der Waals surface area contributed by atoms with Crippen molar-refractivity contribution in [3.63, 3.8) is 0 Å². The van der Waals surface area contributed by atoms with Crippen LogP contribution in [0.1, 0.15) is 25.5 Å². The maximum Gasteiger partial charge on any atom is 0.352 e. The number of fused-ring (bicyclic) bond motifs is 1. The Hall–Kier alpha value is -3.01. The van der Waals surface area contributed by atoms with Gasteiger partial charge in [0.15, 0.2) is 0 Å². The van der Waals surface area contributed by atoms with E-state index in [0.717, 1.165) is 10.5 Å². The molecular formula is C19H21N3O6S. The lowest BCUT2D eigenvalue weighted by atomic mass is 10.0. The molecule has 0 spiro atoms. The Bertz CT molecular complexity index is 872. The van der Waals surface area contributed by atoms with Crippen LogP contribution in [0, 0.1) is 0 Å². The average molecular weight is 419 g/mol. The van der Waals surface area contributed by atoms with Gasteiger partial charge >= 0.3 is 18.0 Å². The number of thioether (sulfide) groups is 1. The molecule has 2 aliphatic rings. The van der Waals surface area contributed by atoms with Crippen molar-refractivity contribution in [1.82, 2.24) is 15.5 Å². The van der Waals surface area contributed by atoms with E-state index in [-0.39, 0.29) is 24.1 Å². The minimum atomic E-state index is -1.27. The van der Waals surface area contributed by atoms with E-state index >= 15 is 0 Å². The van der Waals surface area contributed by atoms with Gasteiger partial charge in [-0.15, -0.1) is 11.8 Å². The number of nitrogens with zero attached hydrogens (tertiary/aromatic N) is 1. The van der Waals surface area contributed by atoms with Gasteiger partial charge in [0.2, 0.25) is 0 Å². The number of nitrogens with one attached hydrogen (secondary N) is 2. The quantitative estimate of drug-likeness (QED) is 0.468. The monoisotopic (exact) mass is 419 g/mol. The zero-order valence-electron chi connectivity index (χ0n) is 15.9. The molecule has 1 saturated heterocycles. The molecule has 154 valence electrons. The summed E-state index contributed by atoms with van der Waals surface area (Å²) < 4.78 is 4.89. The van der Waals surface area contributed by atoms with Gasteiger partial charge in [-0.2, -0.15) is 0 Å². The summed E-state index contributed by atoms with van der Waals surface area (Å²) in [7, 11) is 0. The smallest absolute Gasteiger partial charge is 0.352 e. The fraction of sp³-hybridized carbons (Fsp3) is 0.368. The maximum atomic E-state index is 12.6. The number of carbonyl (C=O) groups is 4. The summed E-state index contributed by atoms with van der Waals surface area (Å²) in [6, 6.07) is 7.78. The molecule has 10 heteroatoms. The van der Waals surface area contributed by atoms with Gasteiger partial charge in [0.25, 0.3) is 5.91 Å². The van der Waals surface area contributed by atoms with Gasteiger partial charge in [0.1, 0.15) is 23.7 Å². The van der Waals surface area contributed by atoms with Crippen LogP contribution in [0.2, 0.25) is 0 Å². The molecule has 0 bridgehead atoms. The van der Waals surface area contributed by atoms with E-state index < -0.39 is 35.3 Å². The first kappa shape index (κ1) is 20.7. The van der Waals surface area contributed by atoms with Gasteiger partial charge in [-0.05, 0) is 12.5 Å². The normalized spacial score (nSPS) is 21.6. The first-order valence-electron chi connectivity index (χ1n) is 8.95. The van der Waals surface area contributed by atoms with E-state index in [1.165, 1.54) is 18.7 Å². The highest BCUT2D eigenvalue weighted by molar-refractivity contribution is 8.00. The summed E-state index contributed by atoms with van der Waals surface area (Å²) >= 11 is 1.31. The van der Waals surface area contributed by atoms with Crippen LogP contribution < -0.4 is 10.6 Å². The molecule has 1 aromatic rings. The lowest BCUT2D eigenvalue weighted by Gasteiger charge is -2.49. The predicted molar refractivity (Wildman–Crippen MR) is 105 cm³/mol. The van der Waals surface area contributed by atoms with Crippen molar-refractivity contribution in [3.8, 4) is 0 Å². The van der Waals surface area contributed by atoms with Crippen molar-refractivity contribution in [2.75, 3.05) is 12.4 Å². The Kier molecular flexibility index (Phi) is 6.12. The molecular weight excluding hydrogens is 398 g/mol. The highest BCUT2D eigenvalue weighted by Crippen LogP contribution is 2.40. The van der Waals surface area contributed by atoms with Crippen LogP contribution in [-0.4, -0.2) is 57.7 Å². The summed E-state index contributed by atoms with van der Waals surface area (Å²) in [4.78, 5) is 48.7. The SMILES string of the molecule is CC(=O)OCC1=C(C(=O)O)N2C(=O)[C@@H](NC(=O)NC(C)c3ccccc3)[C@H]2SC1. The fourth-order valence-corrected chi connectivity index (χ4v) is 4.51. The standard InChI is InChI=1S/C19H21N3O6S/c1-10(12-6-4-3-5-7-12)20-19(27)21-14-16(24)22-15(18(25)26)13(8-28-11(2)23)9-29-17(14)22/h3-7,10,14,17H,8-9H2,1-2H3,(H,25,26)(H2,20,21,27)/t10?,14-,17-/m1/s1. The van der Waals surface area contributed by atoms with Gasteiger partial charge < -0.3 is 20.5 Å². The van der Waals surface area contributed by atoms with Crippen LogP contribution in [-0.2, 0) is 19.1 Å². The van der Waals surface area contributed by atoms with Crippen molar-refractivity contribution in [2.45, 2.75) is 31.3 Å². The van der Waals surface area contributed by atoms with Crippen molar-refractivity contribution in [2.24, 2.45) is 0 Å². The molecule has 3 atom stereocenters. The number of rotatable bonds is 6. The minimum Gasteiger partial charge on any atom is -0.477 e. The van der Waals surface area contributed by atoms with Crippen LogP contribution in [0.15, 0.2) is 41.6 Å². The van der Waals surface area contributed by atoms with Gasteiger partial charge in [0.05, 0.1) is 6.04 Å². The van der Waals surface area contributed by atoms with Crippen molar-refractivity contribution >= 4 is 35.6 Å². The molecule has 0 radical (unpaired) electrons. The third kappa shape index (κ3) is 4.37. The molecule has 0 saturated carbocycles. The molecule has 0 aromatic heterocycles. The summed E-state index contributed by atoms with van der Waals surface area (Å²) in [6.45, 7) is 2.86. The third-order valence-electron chi connectivity index (χ3n) is 4.63. The molecule has 1 unspecified atom stereocenters. The lowest BCUT2D eigenvalue weighted by Crippen LogP contribution is -2.71. The number of hydrogen-bond acceptors (Lipinski definition) is 6. The average Bonchev–Trinajstić information content (AvgIpc) is 2.70. The molecule has 2 heterocycles. The summed E-state index contributed by atoms with van der Waals surface area (Å²) in [5.74, 6) is -2.04. The van der Waals surface area contributed by atoms with Crippen LogP contribution in [0.25, 0.3) is 0 Å². The Labute approximate surface area is 171 Å². The molecule has 1 fully saturated rings. The van der Waals surface area contributed by atoms with E-state index in [4.69, 9.17) is 4.74 Å². The number of ether oxygens (including phenoxy) is 1. The van der Waals surface area contributed by atoms with E-state index in [1.807, 2.05) is 37.3 Å². The first-order valence-corrected chi connectivity index (χ1v) is 9.99. The number of aliphatic carboxylic acids is 1. The van der Waals surface area contributed by atoms with Crippen LogP contribution >= 0.6 is 11.8 Å². The maximum absolute atomic E-state index is 12.6. The Morgan fingerprint density at radius 1 is 1.31 bits per heavy atom. The van der Waals surface area contributed by atoms with E-state index in [2.05, 4.69) is 10.6 Å². The second kappa shape index (κ2) is 8.56. The second-order valence-corrected chi connectivity index (χ2v) is 7.78. The topological polar surface area (TPSA) is 125 Å². The summed E-state index contributed by atoms with van der Waals surface area (Å²) in [6.07, 6.45) is 0. The Morgan fingerprint density at radius 3 is 2.62 bits per heavy atom. The molecule has 29 heavy (non-hydrogen) atoms. The van der Waals surface area contributed by atoms with Crippen molar-refractivity contribution < 1.29 is 29.0 Å². The second-order valence-electron chi connectivity index (χ2n) is 6.68. The minimum absolute atomic E-state index is 0.184. The predicted octanol–water partition coefficient (Wildman–Crippen LogP) is 1.23. The highest BCUT2D eigenvalue weighted by atomic mass is 32.2. The number of amides is 3. The number of carboxylic acids is 1. The fourth-order valence-electron chi connectivity index (χ4n) is 3.19. The Balaban J connectivity index is 1.65. The van der Waals surface area contributed by atoms with Gasteiger partial charge in [-0.1, -0.05) is 30.3 Å². The van der Waals surface area contributed by atoms with Crippen molar-refractivity contribution in [3.05, 3.63) is 47.2 Å². The number of benzene rings is 1. The number of carbonyl (C=O) groups excluding carboxylic acids is 3. The van der Waals surface area contributed by atoms with E-state index in [9.17, 15) is 24.3 Å². The first-order chi connectivity index (χ1) is 13.8. The van der Waals surface area contributed by atoms with Crippen molar-refractivity contribution in [1.29, 1.82) is 0 Å². The molecule has 9 nitrogen and oxygen atoms in total. The van der Waals surface area contributed by atoms with Crippen LogP contribution in [0.3, 0.4) is 0 Å². The summed E-state index contributed by atoms with van der Waals surface area (Å²) in [5.41, 5.74) is 1.08. The summed E-state index contributed by atoms with van der Waals surface area (Å²) in [5, 5.41) is 14.4. The van der Waals surface area contributed by atoms with Crippen LogP contribution in [0.4, 0.5) is 4.79 Å². The molecule has 0 aliphatic carbocycles. The number of β-lactam (4-membered cyclic amide) rings is 1. The number of esters is 1. The van der Waals surface area contributed by atoms with E-state index in [0.29, 0.717) is 5.57 Å². The number of carboxylic acid groups (broad SMARTS) is 1. The molecule has 3 N–H and O–H groups in total. The highest BCUT2D eigenvalue weighted by Gasteiger charge is 2.54. The van der Waals surface area contributed by atoms with Gasteiger partial charge in [0, 0.05) is 18.2 Å². The third-order valence-corrected chi connectivity index (χ3v) is 5.97. The molecule has 3 rings (SSSR count). The van der Waals surface area contributed by atoms with Crippen LogP contribution in [0.5, 0.6) is 0 Å². The molecule has 2 aliphatic heterocycles. The zero-order chi connectivity index (χ0) is 21.1. The lowest BCUT2D eigenvalue weighted by molar-refractivity contribution is -0.149. The Morgan fingerprint density at radius 2 is 2.00 bits per heavy atom. The van der Waals surface area contributed by atoms with Gasteiger partial charge in [-0.25, -0.2) is 9.59 Å². The zero-order valence-corrected chi connectivity index (χ0v) is 16.7. The van der Waals surface area contributed by atoms with Gasteiger partial charge in [-0.3, -0.25) is 14.5 Å². The largest absolute Gasteiger partial charge is 0.477 e.